The third kappa shape index (κ3) is 3.98. The van der Waals surface area contributed by atoms with E-state index in [0.29, 0.717) is 0 Å². The molecular formula is C17H26ClN3. The van der Waals surface area contributed by atoms with E-state index in [0.717, 1.165) is 49.3 Å². The van der Waals surface area contributed by atoms with Crippen molar-refractivity contribution in [3.63, 3.8) is 0 Å². The summed E-state index contributed by atoms with van der Waals surface area (Å²) in [6.45, 7) is 8.51. The minimum Gasteiger partial charge on any atom is -0.330 e. The summed E-state index contributed by atoms with van der Waals surface area (Å²) in [7, 11) is 0. The molecule has 0 amide bonds. The van der Waals surface area contributed by atoms with Gasteiger partial charge in [-0.15, -0.1) is 0 Å². The van der Waals surface area contributed by atoms with Crippen molar-refractivity contribution in [2.24, 2.45) is 11.1 Å². The third-order valence-electron chi connectivity index (χ3n) is 4.08. The molecular weight excluding hydrogens is 282 g/mol. The van der Waals surface area contributed by atoms with E-state index in [1.165, 1.54) is 11.3 Å². The second kappa shape index (κ2) is 6.80. The van der Waals surface area contributed by atoms with E-state index in [2.05, 4.69) is 31.4 Å². The van der Waals surface area contributed by atoms with Crippen molar-refractivity contribution in [1.29, 1.82) is 0 Å². The molecule has 1 aromatic heterocycles. The highest BCUT2D eigenvalue weighted by atomic mass is 35.5. The van der Waals surface area contributed by atoms with Gasteiger partial charge >= 0.3 is 0 Å². The number of imidazole rings is 1. The standard InChI is InChI=1S/C17H26ClN3/c1-4-11-21-15-6-5-13(18)12-14(15)20-16(21)7-8-17(2,3)9-10-19/h5-6,12H,4,7-11,19H2,1-3H3. The third-order valence-corrected chi connectivity index (χ3v) is 4.32. The number of benzene rings is 1. The van der Waals surface area contributed by atoms with E-state index in [9.17, 15) is 0 Å². The Balaban J connectivity index is 2.27. The predicted octanol–water partition coefficient (Wildman–Crippen LogP) is 4.41. The number of nitrogens with zero attached hydrogens (tertiary/aromatic N) is 2. The molecule has 0 radical (unpaired) electrons. The fraction of sp³-hybridized carbons (Fsp3) is 0.588. The summed E-state index contributed by atoms with van der Waals surface area (Å²) >= 11 is 6.09. The molecule has 2 rings (SSSR count). The average molecular weight is 308 g/mol. The van der Waals surface area contributed by atoms with Gasteiger partial charge in [0, 0.05) is 18.0 Å². The number of fused-ring (bicyclic) bond motifs is 1. The molecule has 1 heterocycles. The maximum atomic E-state index is 6.09. The topological polar surface area (TPSA) is 43.8 Å². The first-order chi connectivity index (χ1) is 9.96. The van der Waals surface area contributed by atoms with E-state index in [1.54, 1.807) is 0 Å². The van der Waals surface area contributed by atoms with E-state index in [-0.39, 0.29) is 5.41 Å². The Morgan fingerprint density at radius 1 is 1.29 bits per heavy atom. The minimum absolute atomic E-state index is 0.265. The SMILES string of the molecule is CCCn1c(CCC(C)(C)CCN)nc2cc(Cl)ccc21. The molecule has 0 spiro atoms. The molecule has 3 nitrogen and oxygen atoms in total. The summed E-state index contributed by atoms with van der Waals surface area (Å²) < 4.78 is 2.34. The maximum Gasteiger partial charge on any atom is 0.109 e. The number of aryl methyl sites for hydroxylation is 2. The van der Waals surface area contributed by atoms with Gasteiger partial charge in [-0.25, -0.2) is 4.98 Å². The number of aromatic nitrogens is 2. The number of halogens is 1. The first-order valence-corrected chi connectivity index (χ1v) is 8.19. The Labute approximate surface area is 132 Å². The first kappa shape index (κ1) is 16.3. The molecule has 1 aromatic carbocycles. The zero-order valence-electron chi connectivity index (χ0n) is 13.3. The normalized spacial score (nSPS) is 12.2. The fourth-order valence-electron chi connectivity index (χ4n) is 2.78. The quantitative estimate of drug-likeness (QED) is 0.823. The molecule has 2 N–H and O–H groups in total. The summed E-state index contributed by atoms with van der Waals surface area (Å²) in [6.07, 6.45) is 4.24. The Kier molecular flexibility index (Phi) is 5.28. The van der Waals surface area contributed by atoms with Crippen LogP contribution in [-0.2, 0) is 13.0 Å². The second-order valence-corrected chi connectivity index (χ2v) is 6.95. The van der Waals surface area contributed by atoms with E-state index < -0.39 is 0 Å². The summed E-state index contributed by atoms with van der Waals surface area (Å²) in [4.78, 5) is 4.80. The molecule has 0 aliphatic heterocycles. The summed E-state index contributed by atoms with van der Waals surface area (Å²) in [5.74, 6) is 1.17. The van der Waals surface area contributed by atoms with E-state index in [4.69, 9.17) is 22.3 Å². The minimum atomic E-state index is 0.265. The lowest BCUT2D eigenvalue weighted by molar-refractivity contribution is 0.309. The van der Waals surface area contributed by atoms with Gasteiger partial charge in [-0.3, -0.25) is 0 Å². The Morgan fingerprint density at radius 3 is 2.71 bits per heavy atom. The molecule has 0 aliphatic carbocycles. The van der Waals surface area contributed by atoms with Gasteiger partial charge in [0.2, 0.25) is 0 Å². The molecule has 0 saturated carbocycles. The molecule has 116 valence electrons. The summed E-state index contributed by atoms with van der Waals surface area (Å²) in [5.41, 5.74) is 8.16. The number of hydrogen-bond acceptors (Lipinski definition) is 2. The Hall–Kier alpha value is -1.06. The largest absolute Gasteiger partial charge is 0.330 e. The molecule has 0 fully saturated rings. The van der Waals surface area contributed by atoms with Crippen LogP contribution in [0, 0.1) is 5.41 Å². The van der Waals surface area contributed by atoms with Crippen LogP contribution in [0.5, 0.6) is 0 Å². The molecule has 0 unspecified atom stereocenters. The Morgan fingerprint density at radius 2 is 2.05 bits per heavy atom. The van der Waals surface area contributed by atoms with Crippen molar-refractivity contribution in [2.45, 2.75) is 53.0 Å². The van der Waals surface area contributed by atoms with Gasteiger partial charge in [0.1, 0.15) is 5.82 Å². The lowest BCUT2D eigenvalue weighted by atomic mass is 9.84. The first-order valence-electron chi connectivity index (χ1n) is 7.81. The molecule has 0 aliphatic rings. The van der Waals surface area contributed by atoms with Crippen LogP contribution in [0.1, 0.15) is 45.9 Å². The van der Waals surface area contributed by atoms with Crippen LogP contribution in [0.3, 0.4) is 0 Å². The highest BCUT2D eigenvalue weighted by Gasteiger charge is 2.19. The van der Waals surface area contributed by atoms with Crippen molar-refractivity contribution < 1.29 is 0 Å². The summed E-state index contributed by atoms with van der Waals surface area (Å²) in [6, 6.07) is 5.98. The van der Waals surface area contributed by atoms with E-state index >= 15 is 0 Å². The predicted molar refractivity (Wildman–Crippen MR) is 90.8 cm³/mol. The van der Waals surface area contributed by atoms with Crippen molar-refractivity contribution in [3.8, 4) is 0 Å². The lowest BCUT2D eigenvalue weighted by Crippen LogP contribution is -2.18. The molecule has 0 saturated heterocycles. The molecule has 21 heavy (non-hydrogen) atoms. The Bertz CT molecular complexity index is 601. The van der Waals surface area contributed by atoms with E-state index in [1.807, 2.05) is 12.1 Å². The molecule has 2 aromatic rings. The van der Waals surface area contributed by atoms with Crippen LogP contribution in [0.2, 0.25) is 5.02 Å². The number of rotatable bonds is 7. The van der Waals surface area contributed by atoms with Gasteiger partial charge in [0.05, 0.1) is 11.0 Å². The lowest BCUT2D eigenvalue weighted by Gasteiger charge is -2.23. The molecule has 0 bridgehead atoms. The highest BCUT2D eigenvalue weighted by Crippen LogP contribution is 2.28. The van der Waals surface area contributed by atoms with Crippen LogP contribution < -0.4 is 5.73 Å². The summed E-state index contributed by atoms with van der Waals surface area (Å²) in [5, 5.41) is 0.749. The number of nitrogens with two attached hydrogens (primary N) is 1. The van der Waals surface area contributed by atoms with Gasteiger partial charge in [0.25, 0.3) is 0 Å². The van der Waals surface area contributed by atoms with Crippen molar-refractivity contribution in [1.82, 2.24) is 9.55 Å². The average Bonchev–Trinajstić information content (AvgIpc) is 2.74. The van der Waals surface area contributed by atoms with Gasteiger partial charge in [-0.05, 0) is 49.4 Å². The van der Waals surface area contributed by atoms with Gasteiger partial charge < -0.3 is 10.3 Å². The van der Waals surface area contributed by atoms with Crippen molar-refractivity contribution >= 4 is 22.6 Å². The zero-order chi connectivity index (χ0) is 15.5. The molecule has 4 heteroatoms. The maximum absolute atomic E-state index is 6.09. The van der Waals surface area contributed by atoms with Crippen LogP contribution in [0.25, 0.3) is 11.0 Å². The fourth-order valence-corrected chi connectivity index (χ4v) is 2.95. The number of hydrogen-bond donors (Lipinski definition) is 1. The van der Waals surface area contributed by atoms with Crippen LogP contribution in [0.4, 0.5) is 0 Å². The monoisotopic (exact) mass is 307 g/mol. The van der Waals surface area contributed by atoms with Crippen LogP contribution in [-0.4, -0.2) is 16.1 Å². The zero-order valence-corrected chi connectivity index (χ0v) is 14.1. The molecule has 0 atom stereocenters. The van der Waals surface area contributed by atoms with Crippen LogP contribution >= 0.6 is 11.6 Å². The van der Waals surface area contributed by atoms with Crippen molar-refractivity contribution in [3.05, 3.63) is 29.0 Å². The van der Waals surface area contributed by atoms with Gasteiger partial charge in [-0.2, -0.15) is 0 Å². The smallest absolute Gasteiger partial charge is 0.109 e. The van der Waals surface area contributed by atoms with Crippen molar-refractivity contribution in [2.75, 3.05) is 6.54 Å². The van der Waals surface area contributed by atoms with Gasteiger partial charge in [0.15, 0.2) is 0 Å². The second-order valence-electron chi connectivity index (χ2n) is 6.52. The van der Waals surface area contributed by atoms with Gasteiger partial charge in [-0.1, -0.05) is 32.4 Å². The van der Waals surface area contributed by atoms with Crippen LogP contribution in [0.15, 0.2) is 18.2 Å². The highest BCUT2D eigenvalue weighted by molar-refractivity contribution is 6.31.